The van der Waals surface area contributed by atoms with Crippen molar-refractivity contribution in [1.29, 1.82) is 0 Å². The molecule has 0 fully saturated rings. The van der Waals surface area contributed by atoms with Crippen molar-refractivity contribution in [3.05, 3.63) is 46.1 Å². The Kier molecular flexibility index (Phi) is 7.62. The Morgan fingerprint density at radius 1 is 1.08 bits per heavy atom. The lowest BCUT2D eigenvalue weighted by Gasteiger charge is -2.25. The van der Waals surface area contributed by atoms with Crippen LogP contribution < -0.4 is 4.90 Å². The van der Waals surface area contributed by atoms with Crippen LogP contribution >= 0.6 is 35.0 Å². The largest absolute Gasteiger partial charge is 0.352 e. The fraction of sp³-hybridized carbons (Fsp3) is 0.412. The van der Waals surface area contributed by atoms with Crippen LogP contribution in [0.15, 0.2) is 35.6 Å². The lowest BCUT2D eigenvalue weighted by Crippen LogP contribution is -2.27. The molecule has 2 aromatic rings. The molecule has 7 heteroatoms. The van der Waals surface area contributed by atoms with Crippen molar-refractivity contribution < 1.29 is 0 Å². The highest BCUT2D eigenvalue weighted by Crippen LogP contribution is 2.24. The minimum Gasteiger partial charge on any atom is -0.352 e. The smallest absolute Gasteiger partial charge is 0.189 e. The molecule has 0 aliphatic carbocycles. The van der Waals surface area contributed by atoms with Gasteiger partial charge in [-0.15, -0.1) is 0 Å². The first kappa shape index (κ1) is 19.3. The topological polar surface area (TPSA) is 32.3 Å². The van der Waals surface area contributed by atoms with Crippen molar-refractivity contribution in [1.82, 2.24) is 14.9 Å². The third-order valence-corrected chi connectivity index (χ3v) is 4.82. The summed E-state index contributed by atoms with van der Waals surface area (Å²) in [6, 6.07) is 7.71. The Morgan fingerprint density at radius 3 is 2.54 bits per heavy atom. The van der Waals surface area contributed by atoms with E-state index in [1.807, 2.05) is 36.7 Å². The SMILES string of the molecule is CSc1nccc(N(CCCN(C)C)Cc2ccc(Cl)c(Cl)c2)n1. The molecule has 0 amide bonds. The molecule has 0 aliphatic heterocycles. The van der Waals surface area contributed by atoms with Gasteiger partial charge in [-0.05, 0) is 57.1 Å². The summed E-state index contributed by atoms with van der Waals surface area (Å²) in [6.45, 7) is 2.66. The van der Waals surface area contributed by atoms with E-state index in [9.17, 15) is 0 Å². The molecule has 2 rings (SSSR count). The lowest BCUT2D eigenvalue weighted by molar-refractivity contribution is 0.400. The van der Waals surface area contributed by atoms with Gasteiger partial charge in [-0.3, -0.25) is 0 Å². The highest BCUT2D eigenvalue weighted by Gasteiger charge is 2.11. The van der Waals surface area contributed by atoms with Gasteiger partial charge in [-0.25, -0.2) is 9.97 Å². The molecule has 1 aromatic heterocycles. The summed E-state index contributed by atoms with van der Waals surface area (Å²) in [7, 11) is 4.17. The summed E-state index contributed by atoms with van der Waals surface area (Å²) in [5.41, 5.74) is 1.11. The minimum atomic E-state index is 0.575. The minimum absolute atomic E-state index is 0.575. The summed E-state index contributed by atoms with van der Waals surface area (Å²) < 4.78 is 0. The van der Waals surface area contributed by atoms with E-state index in [2.05, 4.69) is 33.9 Å². The fourth-order valence-electron chi connectivity index (χ4n) is 2.32. The predicted molar refractivity (Wildman–Crippen MR) is 104 cm³/mol. The van der Waals surface area contributed by atoms with Crippen LogP contribution in [0.25, 0.3) is 0 Å². The molecule has 0 N–H and O–H groups in total. The second-order valence-corrected chi connectivity index (χ2v) is 7.32. The van der Waals surface area contributed by atoms with Crippen LogP contribution in [0.2, 0.25) is 10.0 Å². The number of rotatable bonds is 8. The maximum absolute atomic E-state index is 6.15. The first-order chi connectivity index (χ1) is 11.5. The zero-order chi connectivity index (χ0) is 17.5. The van der Waals surface area contributed by atoms with Crippen LogP contribution in [0.1, 0.15) is 12.0 Å². The predicted octanol–water partition coefficient (Wildman–Crippen LogP) is 4.46. The second-order valence-electron chi connectivity index (χ2n) is 5.73. The Morgan fingerprint density at radius 2 is 1.88 bits per heavy atom. The van der Waals surface area contributed by atoms with Gasteiger partial charge in [-0.1, -0.05) is 41.0 Å². The summed E-state index contributed by atoms with van der Waals surface area (Å²) >= 11 is 13.7. The molecular weight excluding hydrogens is 363 g/mol. The lowest BCUT2D eigenvalue weighted by atomic mass is 10.2. The highest BCUT2D eigenvalue weighted by atomic mass is 35.5. The van der Waals surface area contributed by atoms with Gasteiger partial charge >= 0.3 is 0 Å². The Hall–Kier alpha value is -1.01. The molecule has 0 spiro atoms. The Bertz CT molecular complexity index is 667. The van der Waals surface area contributed by atoms with Crippen molar-refractivity contribution in [2.45, 2.75) is 18.1 Å². The van der Waals surface area contributed by atoms with Gasteiger partial charge in [0, 0.05) is 19.3 Å². The number of halogens is 2. The van der Waals surface area contributed by atoms with Crippen LogP contribution in [-0.2, 0) is 6.54 Å². The van der Waals surface area contributed by atoms with Crippen LogP contribution in [0, 0.1) is 0 Å². The molecule has 130 valence electrons. The molecule has 24 heavy (non-hydrogen) atoms. The van der Waals surface area contributed by atoms with E-state index >= 15 is 0 Å². The van der Waals surface area contributed by atoms with Gasteiger partial charge < -0.3 is 9.80 Å². The molecule has 4 nitrogen and oxygen atoms in total. The number of benzene rings is 1. The Labute approximate surface area is 158 Å². The summed E-state index contributed by atoms with van der Waals surface area (Å²) in [5.74, 6) is 0.930. The van der Waals surface area contributed by atoms with Crippen molar-refractivity contribution in [2.75, 3.05) is 38.3 Å². The normalized spacial score (nSPS) is 11.1. The summed E-state index contributed by atoms with van der Waals surface area (Å²) in [6.07, 6.45) is 4.84. The molecule has 0 radical (unpaired) electrons. The van der Waals surface area contributed by atoms with E-state index in [1.54, 1.807) is 11.8 Å². The first-order valence-electron chi connectivity index (χ1n) is 7.70. The van der Waals surface area contributed by atoms with E-state index in [0.717, 1.165) is 42.6 Å². The van der Waals surface area contributed by atoms with E-state index < -0.39 is 0 Å². The molecule has 0 bridgehead atoms. The van der Waals surface area contributed by atoms with Crippen LogP contribution in [-0.4, -0.2) is 48.3 Å². The zero-order valence-corrected chi connectivity index (χ0v) is 16.5. The monoisotopic (exact) mass is 384 g/mol. The summed E-state index contributed by atoms with van der Waals surface area (Å²) in [5, 5.41) is 1.93. The highest BCUT2D eigenvalue weighted by molar-refractivity contribution is 7.98. The van der Waals surface area contributed by atoms with E-state index in [4.69, 9.17) is 23.2 Å². The molecule has 1 heterocycles. The third kappa shape index (κ3) is 5.81. The van der Waals surface area contributed by atoms with E-state index in [1.165, 1.54) is 0 Å². The van der Waals surface area contributed by atoms with Gasteiger partial charge in [-0.2, -0.15) is 0 Å². The van der Waals surface area contributed by atoms with Gasteiger partial charge in [0.05, 0.1) is 10.0 Å². The quantitative estimate of drug-likeness (QED) is 0.495. The third-order valence-electron chi connectivity index (χ3n) is 3.52. The molecular formula is C17H22Cl2N4S. The van der Waals surface area contributed by atoms with Gasteiger partial charge in [0.15, 0.2) is 5.16 Å². The van der Waals surface area contributed by atoms with Crippen molar-refractivity contribution in [2.24, 2.45) is 0 Å². The maximum atomic E-state index is 6.15. The zero-order valence-electron chi connectivity index (χ0n) is 14.2. The molecule has 0 atom stereocenters. The second kappa shape index (κ2) is 9.47. The molecule has 0 saturated carbocycles. The molecule has 0 saturated heterocycles. The number of nitrogens with zero attached hydrogens (tertiary/aromatic N) is 4. The van der Waals surface area contributed by atoms with Crippen molar-refractivity contribution >= 4 is 40.8 Å². The number of hydrogen-bond acceptors (Lipinski definition) is 5. The summed E-state index contributed by atoms with van der Waals surface area (Å²) in [4.78, 5) is 13.3. The van der Waals surface area contributed by atoms with Crippen LogP contribution in [0.3, 0.4) is 0 Å². The van der Waals surface area contributed by atoms with Gasteiger partial charge in [0.1, 0.15) is 5.82 Å². The van der Waals surface area contributed by atoms with E-state index in [0.29, 0.717) is 10.0 Å². The number of thioether (sulfide) groups is 1. The maximum Gasteiger partial charge on any atom is 0.189 e. The van der Waals surface area contributed by atoms with E-state index in [-0.39, 0.29) is 0 Å². The standard InChI is InChI=1S/C17H22Cl2N4S/c1-22(2)9-4-10-23(16-7-8-20-17(21-16)24-3)12-13-5-6-14(18)15(19)11-13/h5-8,11H,4,9-10,12H2,1-3H3. The average molecular weight is 385 g/mol. The van der Waals surface area contributed by atoms with Crippen LogP contribution in [0.5, 0.6) is 0 Å². The number of hydrogen-bond donors (Lipinski definition) is 0. The van der Waals surface area contributed by atoms with Crippen LogP contribution in [0.4, 0.5) is 5.82 Å². The molecule has 1 aromatic carbocycles. The number of anilines is 1. The first-order valence-corrected chi connectivity index (χ1v) is 9.68. The van der Waals surface area contributed by atoms with Crippen molar-refractivity contribution in [3.8, 4) is 0 Å². The Balaban J connectivity index is 2.19. The van der Waals surface area contributed by atoms with Crippen molar-refractivity contribution in [3.63, 3.8) is 0 Å². The van der Waals surface area contributed by atoms with Gasteiger partial charge in [0.2, 0.25) is 0 Å². The fourth-order valence-corrected chi connectivity index (χ4v) is 2.99. The molecule has 0 unspecified atom stereocenters. The number of aromatic nitrogens is 2. The average Bonchev–Trinajstić information content (AvgIpc) is 2.57. The van der Waals surface area contributed by atoms with Gasteiger partial charge in [0.25, 0.3) is 0 Å². The molecule has 0 aliphatic rings.